The number of amides is 1. The fourth-order valence-electron chi connectivity index (χ4n) is 2.91. The second-order valence-electron chi connectivity index (χ2n) is 6.34. The van der Waals surface area contributed by atoms with Crippen LogP contribution in [0.1, 0.15) is 26.2 Å². The maximum Gasteiger partial charge on any atom is 0.326 e. The normalized spacial score (nSPS) is 19.3. The van der Waals surface area contributed by atoms with Crippen molar-refractivity contribution in [1.29, 1.82) is 0 Å². The lowest BCUT2D eigenvalue weighted by molar-refractivity contribution is -0.384. The Hall–Kier alpha value is -2.53. The van der Waals surface area contributed by atoms with E-state index >= 15 is 0 Å². The van der Waals surface area contributed by atoms with Crippen molar-refractivity contribution >= 4 is 27.6 Å². The van der Waals surface area contributed by atoms with Crippen LogP contribution in [0, 0.1) is 10.1 Å². The number of sulfonamides is 1. The van der Waals surface area contributed by atoms with Crippen molar-refractivity contribution in [3.05, 3.63) is 34.4 Å². The molecule has 10 nitrogen and oxygen atoms in total. The molecule has 2 unspecified atom stereocenters. The Morgan fingerprint density at radius 3 is 2.41 bits per heavy atom. The monoisotopic (exact) mass is 399 g/mol. The molecule has 1 aromatic carbocycles. The van der Waals surface area contributed by atoms with E-state index in [2.05, 4.69) is 0 Å². The molecule has 1 N–H and O–H groups in total. The van der Waals surface area contributed by atoms with Crippen LogP contribution >= 0.6 is 0 Å². The third kappa shape index (κ3) is 4.25. The molecule has 0 saturated carbocycles. The Morgan fingerprint density at radius 2 is 1.89 bits per heavy atom. The Morgan fingerprint density at radius 1 is 1.30 bits per heavy atom. The highest BCUT2D eigenvalue weighted by molar-refractivity contribution is 7.89. The number of non-ortho nitro benzene ring substituents is 1. The molecular formula is C16H21N3O7S. The first-order chi connectivity index (χ1) is 12.6. The zero-order valence-corrected chi connectivity index (χ0v) is 15.8. The van der Waals surface area contributed by atoms with Crippen molar-refractivity contribution in [3.8, 4) is 0 Å². The number of carboxylic acids is 1. The Bertz CT molecular complexity index is 838. The quantitative estimate of drug-likeness (QED) is 0.557. The fourth-order valence-corrected chi connectivity index (χ4v) is 4.56. The molecule has 2 atom stereocenters. The molecule has 2 rings (SSSR count). The molecule has 1 amide bonds. The van der Waals surface area contributed by atoms with E-state index < -0.39 is 38.9 Å². The van der Waals surface area contributed by atoms with Gasteiger partial charge in [-0.15, -0.1) is 0 Å². The number of likely N-dealkylation sites (N-methyl/N-ethyl adjacent to an activating group) is 1. The number of nitro groups is 1. The zero-order chi connectivity index (χ0) is 20.4. The number of carboxylic acid groups (broad SMARTS) is 1. The molecule has 0 radical (unpaired) electrons. The molecule has 0 aromatic heterocycles. The van der Waals surface area contributed by atoms with Crippen LogP contribution in [-0.2, 0) is 19.6 Å². The summed E-state index contributed by atoms with van der Waals surface area (Å²) < 4.78 is 27.0. The van der Waals surface area contributed by atoms with Gasteiger partial charge in [0.2, 0.25) is 15.9 Å². The summed E-state index contributed by atoms with van der Waals surface area (Å²) in [6.07, 6.45) is 1.48. The van der Waals surface area contributed by atoms with Gasteiger partial charge in [-0.05, 0) is 31.9 Å². The molecule has 0 aliphatic carbocycles. The Kier molecular flexibility index (Phi) is 6.16. The van der Waals surface area contributed by atoms with Crippen LogP contribution in [0.25, 0.3) is 0 Å². The molecule has 1 fully saturated rings. The van der Waals surface area contributed by atoms with E-state index in [0.717, 1.165) is 33.5 Å². The molecule has 0 spiro atoms. The summed E-state index contributed by atoms with van der Waals surface area (Å²) in [4.78, 5) is 34.9. The number of aliphatic carboxylic acids is 1. The summed E-state index contributed by atoms with van der Waals surface area (Å²) in [7, 11) is -2.74. The van der Waals surface area contributed by atoms with Crippen molar-refractivity contribution in [1.82, 2.24) is 9.21 Å². The van der Waals surface area contributed by atoms with E-state index in [1.54, 1.807) is 0 Å². The molecular weight excluding hydrogens is 378 g/mol. The zero-order valence-electron chi connectivity index (χ0n) is 14.9. The van der Waals surface area contributed by atoms with Gasteiger partial charge in [0.1, 0.15) is 12.1 Å². The van der Waals surface area contributed by atoms with Crippen LogP contribution in [0.15, 0.2) is 29.2 Å². The van der Waals surface area contributed by atoms with Crippen LogP contribution in [0.3, 0.4) is 0 Å². The first kappa shape index (κ1) is 20.8. The summed E-state index contributed by atoms with van der Waals surface area (Å²) >= 11 is 0. The second-order valence-corrected chi connectivity index (χ2v) is 8.23. The predicted octanol–water partition coefficient (Wildman–Crippen LogP) is 1.07. The van der Waals surface area contributed by atoms with Crippen LogP contribution < -0.4 is 0 Å². The number of benzene rings is 1. The van der Waals surface area contributed by atoms with Gasteiger partial charge in [0.25, 0.3) is 5.69 Å². The number of nitrogens with zero attached hydrogens (tertiary/aromatic N) is 3. The fraction of sp³-hybridized carbons (Fsp3) is 0.500. The summed E-state index contributed by atoms with van der Waals surface area (Å²) in [5, 5.41) is 19.8. The van der Waals surface area contributed by atoms with Crippen molar-refractivity contribution < 1.29 is 28.0 Å². The minimum Gasteiger partial charge on any atom is -0.480 e. The maximum absolute atomic E-state index is 13.0. The molecule has 1 aromatic rings. The first-order valence-electron chi connectivity index (χ1n) is 8.33. The van der Waals surface area contributed by atoms with Gasteiger partial charge in [-0.1, -0.05) is 6.42 Å². The molecule has 1 heterocycles. The highest BCUT2D eigenvalue weighted by Gasteiger charge is 2.40. The Labute approximate surface area is 156 Å². The van der Waals surface area contributed by atoms with E-state index in [1.165, 1.54) is 14.0 Å². The lowest BCUT2D eigenvalue weighted by Gasteiger charge is -2.36. The van der Waals surface area contributed by atoms with Crippen LogP contribution in [0.2, 0.25) is 0 Å². The highest BCUT2D eigenvalue weighted by Crippen LogP contribution is 2.27. The summed E-state index contributed by atoms with van der Waals surface area (Å²) in [6.45, 7) is 1.46. The van der Waals surface area contributed by atoms with Gasteiger partial charge in [-0.25, -0.2) is 13.2 Å². The maximum atomic E-state index is 13.0. The van der Waals surface area contributed by atoms with Gasteiger partial charge < -0.3 is 10.0 Å². The molecule has 0 bridgehead atoms. The first-order valence-corrected chi connectivity index (χ1v) is 9.77. The highest BCUT2D eigenvalue weighted by atomic mass is 32.2. The van der Waals surface area contributed by atoms with Crippen LogP contribution in [-0.4, -0.2) is 65.2 Å². The number of hydrogen-bond acceptors (Lipinski definition) is 6. The SMILES string of the molecule is CC(C(=O)O)N(C)C(=O)C1CCCCN1S(=O)(=O)c1ccc([N+](=O)[O-])cc1. The van der Waals surface area contributed by atoms with Gasteiger partial charge in [0.05, 0.1) is 9.82 Å². The number of carbonyl (C=O) groups is 2. The van der Waals surface area contributed by atoms with Crippen molar-refractivity contribution in [2.24, 2.45) is 0 Å². The molecule has 27 heavy (non-hydrogen) atoms. The van der Waals surface area contributed by atoms with Gasteiger partial charge in [-0.2, -0.15) is 4.31 Å². The predicted molar refractivity (Wildman–Crippen MR) is 94.5 cm³/mol. The smallest absolute Gasteiger partial charge is 0.326 e. The van der Waals surface area contributed by atoms with Gasteiger partial charge in [-0.3, -0.25) is 14.9 Å². The number of rotatable bonds is 6. The lowest BCUT2D eigenvalue weighted by Crippen LogP contribution is -2.54. The molecule has 1 saturated heterocycles. The van der Waals surface area contributed by atoms with Gasteiger partial charge >= 0.3 is 5.97 Å². The minimum atomic E-state index is -4.06. The molecule has 1 aliphatic heterocycles. The van der Waals surface area contributed by atoms with E-state index in [-0.39, 0.29) is 23.5 Å². The van der Waals surface area contributed by atoms with E-state index in [9.17, 15) is 28.1 Å². The van der Waals surface area contributed by atoms with Crippen molar-refractivity contribution in [2.75, 3.05) is 13.6 Å². The third-order valence-corrected chi connectivity index (χ3v) is 6.60. The average molecular weight is 399 g/mol. The number of carbonyl (C=O) groups excluding carboxylic acids is 1. The largest absolute Gasteiger partial charge is 0.480 e. The summed E-state index contributed by atoms with van der Waals surface area (Å²) in [6, 6.07) is 2.34. The molecule has 11 heteroatoms. The average Bonchev–Trinajstić information content (AvgIpc) is 2.66. The lowest BCUT2D eigenvalue weighted by atomic mass is 10.0. The minimum absolute atomic E-state index is 0.116. The third-order valence-electron chi connectivity index (χ3n) is 4.68. The van der Waals surface area contributed by atoms with E-state index in [0.29, 0.717) is 12.8 Å². The van der Waals surface area contributed by atoms with Crippen molar-refractivity contribution in [2.45, 2.75) is 43.2 Å². The van der Waals surface area contributed by atoms with E-state index in [1.807, 2.05) is 0 Å². The summed E-state index contributed by atoms with van der Waals surface area (Å²) in [5.74, 6) is -1.78. The standard InChI is InChI=1S/C16H21N3O7S/c1-11(16(21)22)17(2)15(20)14-5-3-4-10-18(14)27(25,26)13-8-6-12(7-9-13)19(23)24/h6-9,11,14H,3-5,10H2,1-2H3,(H,21,22). The van der Waals surface area contributed by atoms with Gasteiger partial charge in [0.15, 0.2) is 0 Å². The topological polar surface area (TPSA) is 138 Å². The Balaban J connectivity index is 2.33. The van der Waals surface area contributed by atoms with Gasteiger partial charge in [0, 0.05) is 25.7 Å². The number of hydrogen-bond donors (Lipinski definition) is 1. The van der Waals surface area contributed by atoms with Crippen LogP contribution in [0.5, 0.6) is 0 Å². The van der Waals surface area contributed by atoms with Crippen LogP contribution in [0.4, 0.5) is 5.69 Å². The summed E-state index contributed by atoms with van der Waals surface area (Å²) in [5.41, 5.74) is -0.241. The van der Waals surface area contributed by atoms with Crippen molar-refractivity contribution in [3.63, 3.8) is 0 Å². The molecule has 148 valence electrons. The second kappa shape index (κ2) is 8.01. The van der Waals surface area contributed by atoms with E-state index in [4.69, 9.17) is 5.11 Å². The molecule has 1 aliphatic rings. The number of nitro benzene ring substituents is 1. The number of piperidine rings is 1.